The summed E-state index contributed by atoms with van der Waals surface area (Å²) < 4.78 is 82.4. The summed E-state index contributed by atoms with van der Waals surface area (Å²) in [6.45, 7) is 3.59. The van der Waals surface area contributed by atoms with Crippen LogP contribution >= 0.6 is 11.3 Å². The fraction of sp³-hybridized carbons (Fsp3) is 0.565. The Bertz CT molecular complexity index is 1140. The van der Waals surface area contributed by atoms with Gasteiger partial charge >= 0.3 is 6.18 Å². The third-order valence-electron chi connectivity index (χ3n) is 6.81. The molecule has 2 saturated heterocycles. The third-order valence-corrected chi connectivity index (χ3v) is 10.4. The number of thiophene rings is 1. The normalized spacial score (nSPS) is 21.2. The highest BCUT2D eigenvalue weighted by molar-refractivity contribution is 7.91. The second-order valence-electron chi connectivity index (χ2n) is 9.34. The summed E-state index contributed by atoms with van der Waals surface area (Å²) in [7, 11) is 0.337. The van der Waals surface area contributed by atoms with Crippen LogP contribution in [0.2, 0.25) is 0 Å². The van der Waals surface area contributed by atoms with Crippen molar-refractivity contribution < 1.29 is 26.0 Å². The van der Waals surface area contributed by atoms with Crippen LogP contribution in [0.1, 0.15) is 25.3 Å². The maximum absolute atomic E-state index is 13.5. The highest BCUT2D eigenvalue weighted by atomic mass is 32.2. The number of piperazine rings is 1. The van der Waals surface area contributed by atoms with Crippen molar-refractivity contribution in [2.24, 2.45) is 0 Å². The molecule has 2 aliphatic rings. The van der Waals surface area contributed by atoms with E-state index in [2.05, 4.69) is 23.9 Å². The van der Waals surface area contributed by atoms with E-state index in [1.54, 1.807) is 13.0 Å². The molecule has 4 rings (SSSR count). The van der Waals surface area contributed by atoms with Crippen LogP contribution < -0.4 is 9.80 Å². The summed E-state index contributed by atoms with van der Waals surface area (Å²) >= 11 is 1.23. The maximum atomic E-state index is 13.5. The molecule has 2 fully saturated rings. The second-order valence-corrected chi connectivity index (χ2v) is 12.5. The van der Waals surface area contributed by atoms with Crippen molar-refractivity contribution in [3.8, 4) is 0 Å². The molecule has 0 aliphatic carbocycles. The van der Waals surface area contributed by atoms with E-state index in [1.165, 1.54) is 20.5 Å². The zero-order chi connectivity index (χ0) is 25.5. The minimum atomic E-state index is -4.71. The van der Waals surface area contributed by atoms with E-state index in [-0.39, 0.29) is 29.5 Å². The van der Waals surface area contributed by atoms with Crippen LogP contribution in [0.4, 0.5) is 28.3 Å². The predicted octanol–water partition coefficient (Wildman–Crippen LogP) is 4.34. The van der Waals surface area contributed by atoms with Gasteiger partial charge in [0.1, 0.15) is 10.0 Å². The third kappa shape index (κ3) is 5.45. The van der Waals surface area contributed by atoms with Crippen LogP contribution in [-0.4, -0.2) is 76.5 Å². The molecule has 2 aliphatic heterocycles. The molecule has 3 heterocycles. The zero-order valence-corrected chi connectivity index (χ0v) is 21.6. The molecule has 2 aromatic rings. The summed E-state index contributed by atoms with van der Waals surface area (Å²) in [6, 6.07) is 6.01. The lowest BCUT2D eigenvalue weighted by Gasteiger charge is -2.40. The minimum absolute atomic E-state index is 0.0413. The topological polar surface area (TPSA) is 47.1 Å². The van der Waals surface area contributed by atoms with E-state index < -0.39 is 33.6 Å². The quantitative estimate of drug-likeness (QED) is 0.535. The van der Waals surface area contributed by atoms with E-state index in [0.29, 0.717) is 12.1 Å². The second kappa shape index (κ2) is 9.87. The first-order valence-electron chi connectivity index (χ1n) is 11.5. The number of piperidine rings is 1. The van der Waals surface area contributed by atoms with Gasteiger partial charge < -0.3 is 14.7 Å². The van der Waals surface area contributed by atoms with Crippen molar-refractivity contribution >= 4 is 32.0 Å². The van der Waals surface area contributed by atoms with Gasteiger partial charge in [0.05, 0.1) is 10.6 Å². The molecule has 0 bridgehead atoms. The number of nitrogens with zero attached hydrogens (tertiary/aromatic N) is 4. The Morgan fingerprint density at radius 1 is 1.00 bits per heavy atom. The number of halogens is 4. The van der Waals surface area contributed by atoms with Crippen molar-refractivity contribution in [3.63, 3.8) is 0 Å². The van der Waals surface area contributed by atoms with Gasteiger partial charge in [-0.1, -0.05) is 0 Å². The van der Waals surface area contributed by atoms with Crippen LogP contribution in [0.3, 0.4) is 0 Å². The van der Waals surface area contributed by atoms with Crippen molar-refractivity contribution in [1.82, 2.24) is 9.21 Å². The zero-order valence-electron chi connectivity index (χ0n) is 19.9. The largest absolute Gasteiger partial charge is 0.418 e. The number of benzene rings is 1. The van der Waals surface area contributed by atoms with Crippen LogP contribution in [-0.2, 0) is 16.2 Å². The average molecular weight is 535 g/mol. The number of hydrogen-bond donors (Lipinski definition) is 0. The molecular formula is C23H30F4N4O2S2. The lowest BCUT2D eigenvalue weighted by atomic mass is 10.0. The maximum Gasteiger partial charge on any atom is 0.418 e. The summed E-state index contributed by atoms with van der Waals surface area (Å²) in [5.41, 5.74) is -1.19. The van der Waals surface area contributed by atoms with Crippen molar-refractivity contribution in [2.45, 2.75) is 42.2 Å². The highest BCUT2D eigenvalue weighted by Crippen LogP contribution is 2.39. The monoisotopic (exact) mass is 534 g/mol. The molecule has 0 saturated carbocycles. The fourth-order valence-electron chi connectivity index (χ4n) is 4.87. The molecule has 0 unspecified atom stereocenters. The first-order valence-corrected chi connectivity index (χ1v) is 13.8. The van der Waals surface area contributed by atoms with Gasteiger partial charge in [0.25, 0.3) is 10.0 Å². The Labute approximate surface area is 207 Å². The summed E-state index contributed by atoms with van der Waals surface area (Å²) in [4.78, 5) is 5.90. The molecule has 12 heteroatoms. The fourth-order valence-corrected chi connectivity index (χ4v) is 7.95. The van der Waals surface area contributed by atoms with Gasteiger partial charge in [-0.05, 0) is 64.2 Å². The summed E-state index contributed by atoms with van der Waals surface area (Å²) in [5, 5.41) is 0.910. The van der Waals surface area contributed by atoms with Crippen LogP contribution in [0.5, 0.6) is 0 Å². The lowest BCUT2D eigenvalue weighted by molar-refractivity contribution is -0.137. The Balaban J connectivity index is 1.47. The van der Waals surface area contributed by atoms with E-state index in [4.69, 9.17) is 0 Å². The Morgan fingerprint density at radius 3 is 2.29 bits per heavy atom. The smallest absolute Gasteiger partial charge is 0.368 e. The Kier molecular flexibility index (Phi) is 7.38. The average Bonchev–Trinajstić information content (AvgIpc) is 3.29. The van der Waals surface area contributed by atoms with E-state index in [1.807, 2.05) is 6.07 Å². The van der Waals surface area contributed by atoms with E-state index in [0.717, 1.165) is 43.1 Å². The van der Waals surface area contributed by atoms with Gasteiger partial charge in [-0.3, -0.25) is 0 Å². The highest BCUT2D eigenvalue weighted by Gasteiger charge is 2.39. The van der Waals surface area contributed by atoms with Gasteiger partial charge in [0, 0.05) is 50.5 Å². The van der Waals surface area contributed by atoms with Crippen LogP contribution in [0.25, 0.3) is 0 Å². The van der Waals surface area contributed by atoms with Gasteiger partial charge in [0.2, 0.25) is 0 Å². The molecule has 194 valence electrons. The molecule has 1 atom stereocenters. The molecule has 35 heavy (non-hydrogen) atoms. The molecular weight excluding hydrogens is 504 g/mol. The molecule has 1 aromatic heterocycles. The first-order chi connectivity index (χ1) is 16.4. The summed E-state index contributed by atoms with van der Waals surface area (Å²) in [5.74, 6) is -0.963. The molecule has 6 nitrogen and oxygen atoms in total. The number of sulfonamides is 1. The number of alkyl halides is 3. The van der Waals surface area contributed by atoms with Gasteiger partial charge in [-0.25, -0.2) is 12.8 Å². The molecule has 0 N–H and O–H groups in total. The SMILES string of the molecule is C[C@@H]1CN(c2ccc(F)cc2C(F)(F)F)CCN1S(=O)(=O)c1ccc(N2CCC(N(C)C)CC2)s1. The minimum Gasteiger partial charge on any atom is -0.368 e. The van der Waals surface area contributed by atoms with Gasteiger partial charge in [-0.15, -0.1) is 11.3 Å². The lowest BCUT2D eigenvalue weighted by Crippen LogP contribution is -2.54. The molecule has 0 radical (unpaired) electrons. The first kappa shape index (κ1) is 26.2. The Morgan fingerprint density at radius 2 is 1.69 bits per heavy atom. The van der Waals surface area contributed by atoms with Crippen molar-refractivity contribution in [2.75, 3.05) is 56.6 Å². The van der Waals surface area contributed by atoms with Crippen LogP contribution in [0, 0.1) is 5.82 Å². The van der Waals surface area contributed by atoms with Gasteiger partial charge in [-0.2, -0.15) is 17.5 Å². The summed E-state index contributed by atoms with van der Waals surface area (Å²) in [6.07, 6.45) is -2.69. The molecule has 1 aromatic carbocycles. The van der Waals surface area contributed by atoms with Crippen molar-refractivity contribution in [1.29, 1.82) is 0 Å². The number of rotatable bonds is 5. The van der Waals surface area contributed by atoms with Gasteiger partial charge in [0.15, 0.2) is 0 Å². The predicted molar refractivity (Wildman–Crippen MR) is 130 cm³/mol. The van der Waals surface area contributed by atoms with E-state index in [9.17, 15) is 26.0 Å². The number of anilines is 2. The standard InChI is InChI=1S/C23H30F4N4O2S2/c1-16-15-30(20-5-4-17(24)14-19(20)23(25,26)27)12-13-31(16)35(32,33)22-7-6-21(34-22)29-10-8-18(9-11-29)28(2)3/h4-7,14,16,18H,8-13,15H2,1-3H3/t16-/m1/s1. The number of hydrogen-bond acceptors (Lipinski definition) is 6. The molecule has 0 spiro atoms. The Hall–Kier alpha value is -1.89. The van der Waals surface area contributed by atoms with Crippen molar-refractivity contribution in [3.05, 3.63) is 41.7 Å². The van der Waals surface area contributed by atoms with Crippen LogP contribution in [0.15, 0.2) is 34.5 Å². The molecule has 0 amide bonds. The van der Waals surface area contributed by atoms with E-state index >= 15 is 0 Å².